The standard InChI is InChI=1S/C19H18FN5O2S/c20-14-6-12-8-26-17(11-4-2-1-3-5-11)27-16(12)13(7-14)9-28-10-15-23-18(21)25-19(22)24-15/h1-7,17H,8-10H2,(H4,21,22,23,24,25)/t17-/m1/s1. The Hall–Kier alpha value is -2.91. The summed E-state index contributed by atoms with van der Waals surface area (Å²) in [4.78, 5) is 11.9. The maximum atomic E-state index is 14.0. The van der Waals surface area contributed by atoms with Gasteiger partial charge < -0.3 is 20.9 Å². The molecule has 4 N–H and O–H groups in total. The van der Waals surface area contributed by atoms with E-state index in [1.165, 1.54) is 23.9 Å². The Bertz CT molecular complexity index is 969. The average molecular weight is 399 g/mol. The number of anilines is 2. The second kappa shape index (κ2) is 7.99. The fourth-order valence-electron chi connectivity index (χ4n) is 2.93. The van der Waals surface area contributed by atoms with Crippen molar-refractivity contribution in [3.63, 3.8) is 0 Å². The number of fused-ring (bicyclic) bond motifs is 1. The number of halogens is 1. The van der Waals surface area contributed by atoms with Crippen molar-refractivity contribution in [1.29, 1.82) is 0 Å². The van der Waals surface area contributed by atoms with Crippen LogP contribution in [0.3, 0.4) is 0 Å². The minimum Gasteiger partial charge on any atom is -0.460 e. The van der Waals surface area contributed by atoms with E-state index in [0.717, 1.165) is 11.1 Å². The van der Waals surface area contributed by atoms with Gasteiger partial charge in [0.25, 0.3) is 0 Å². The molecule has 0 saturated carbocycles. The highest BCUT2D eigenvalue weighted by atomic mass is 32.2. The maximum absolute atomic E-state index is 14.0. The fourth-order valence-corrected chi connectivity index (χ4v) is 3.78. The lowest BCUT2D eigenvalue weighted by atomic mass is 10.1. The summed E-state index contributed by atoms with van der Waals surface area (Å²) in [6.45, 7) is 0.283. The Labute approximate surface area is 165 Å². The molecule has 28 heavy (non-hydrogen) atoms. The van der Waals surface area contributed by atoms with Crippen LogP contribution in [0.4, 0.5) is 16.3 Å². The predicted octanol–water partition coefficient (Wildman–Crippen LogP) is 3.22. The molecule has 0 radical (unpaired) electrons. The van der Waals surface area contributed by atoms with Gasteiger partial charge in [0.05, 0.1) is 12.4 Å². The van der Waals surface area contributed by atoms with Crippen LogP contribution in [-0.4, -0.2) is 15.0 Å². The average Bonchev–Trinajstić information content (AvgIpc) is 2.67. The highest BCUT2D eigenvalue weighted by Crippen LogP contribution is 2.38. The number of hydrogen-bond acceptors (Lipinski definition) is 8. The number of aromatic nitrogens is 3. The first kappa shape index (κ1) is 18.5. The lowest BCUT2D eigenvalue weighted by molar-refractivity contribution is -0.112. The molecule has 0 unspecified atom stereocenters. The lowest BCUT2D eigenvalue weighted by Gasteiger charge is -2.28. The molecule has 2 heterocycles. The topological polar surface area (TPSA) is 109 Å². The number of thioether (sulfide) groups is 1. The van der Waals surface area contributed by atoms with Crippen LogP contribution in [0.25, 0.3) is 0 Å². The second-order valence-electron chi connectivity index (χ2n) is 6.19. The monoisotopic (exact) mass is 399 g/mol. The number of nitrogen functional groups attached to an aromatic ring is 2. The quantitative estimate of drug-likeness (QED) is 0.673. The third kappa shape index (κ3) is 4.15. The first-order valence-corrected chi connectivity index (χ1v) is 9.72. The van der Waals surface area contributed by atoms with E-state index in [9.17, 15) is 4.39 Å². The number of benzene rings is 2. The van der Waals surface area contributed by atoms with Crippen molar-refractivity contribution in [2.45, 2.75) is 24.4 Å². The Morgan fingerprint density at radius 2 is 1.79 bits per heavy atom. The zero-order valence-electron chi connectivity index (χ0n) is 14.8. The number of nitrogens with two attached hydrogens (primary N) is 2. The van der Waals surface area contributed by atoms with Gasteiger partial charge in [-0.15, -0.1) is 11.8 Å². The van der Waals surface area contributed by atoms with E-state index in [1.807, 2.05) is 30.3 Å². The van der Waals surface area contributed by atoms with Crippen molar-refractivity contribution >= 4 is 23.7 Å². The van der Waals surface area contributed by atoms with Gasteiger partial charge in [-0.05, 0) is 12.1 Å². The number of hydrogen-bond donors (Lipinski definition) is 2. The van der Waals surface area contributed by atoms with Crippen LogP contribution < -0.4 is 16.2 Å². The third-order valence-corrected chi connectivity index (χ3v) is 5.08. The van der Waals surface area contributed by atoms with Gasteiger partial charge in [-0.2, -0.15) is 15.0 Å². The molecule has 0 spiro atoms. The summed E-state index contributed by atoms with van der Waals surface area (Å²) in [6.07, 6.45) is -0.522. The summed E-state index contributed by atoms with van der Waals surface area (Å²) >= 11 is 1.50. The molecule has 9 heteroatoms. The summed E-state index contributed by atoms with van der Waals surface area (Å²) in [7, 11) is 0. The molecular formula is C19H18FN5O2S. The van der Waals surface area contributed by atoms with Crippen LogP contribution >= 0.6 is 11.8 Å². The summed E-state index contributed by atoms with van der Waals surface area (Å²) in [5.41, 5.74) is 13.5. The summed E-state index contributed by atoms with van der Waals surface area (Å²) in [5, 5.41) is 0. The van der Waals surface area contributed by atoms with Crippen LogP contribution in [0.2, 0.25) is 0 Å². The van der Waals surface area contributed by atoms with Crippen molar-refractivity contribution in [1.82, 2.24) is 15.0 Å². The van der Waals surface area contributed by atoms with Gasteiger partial charge in [0.15, 0.2) is 0 Å². The summed E-state index contributed by atoms with van der Waals surface area (Å²) < 4.78 is 25.9. The normalized spacial score (nSPS) is 15.7. The molecule has 0 saturated heterocycles. The minimum atomic E-state index is -0.522. The third-order valence-electron chi connectivity index (χ3n) is 4.10. The van der Waals surface area contributed by atoms with E-state index in [-0.39, 0.29) is 24.3 Å². The Morgan fingerprint density at radius 1 is 1.04 bits per heavy atom. The van der Waals surface area contributed by atoms with Gasteiger partial charge in [0.1, 0.15) is 17.4 Å². The summed E-state index contributed by atoms with van der Waals surface area (Å²) in [5.74, 6) is 1.94. The number of rotatable bonds is 5. The SMILES string of the molecule is Nc1nc(N)nc(CSCc2cc(F)cc3c2O[C@H](c2ccccc2)OC3)n1. The zero-order valence-corrected chi connectivity index (χ0v) is 15.7. The van der Waals surface area contributed by atoms with E-state index < -0.39 is 6.29 Å². The Morgan fingerprint density at radius 3 is 2.54 bits per heavy atom. The van der Waals surface area contributed by atoms with Gasteiger partial charge in [-0.3, -0.25) is 0 Å². The molecular weight excluding hydrogens is 381 g/mol. The largest absolute Gasteiger partial charge is 0.460 e. The molecule has 144 valence electrons. The first-order valence-electron chi connectivity index (χ1n) is 8.56. The maximum Gasteiger partial charge on any atom is 0.227 e. The van der Waals surface area contributed by atoms with Crippen LogP contribution in [0.1, 0.15) is 28.8 Å². The van der Waals surface area contributed by atoms with E-state index in [4.69, 9.17) is 20.9 Å². The van der Waals surface area contributed by atoms with E-state index >= 15 is 0 Å². The van der Waals surface area contributed by atoms with Gasteiger partial charge in [-0.1, -0.05) is 30.3 Å². The van der Waals surface area contributed by atoms with Gasteiger partial charge in [0, 0.05) is 22.4 Å². The molecule has 1 aliphatic rings. The molecule has 0 aliphatic carbocycles. The predicted molar refractivity (Wildman–Crippen MR) is 105 cm³/mol. The Kier molecular flexibility index (Phi) is 5.27. The molecule has 1 aromatic heterocycles. The van der Waals surface area contributed by atoms with Crippen molar-refractivity contribution in [3.8, 4) is 5.75 Å². The highest BCUT2D eigenvalue weighted by Gasteiger charge is 2.25. The van der Waals surface area contributed by atoms with E-state index in [2.05, 4.69) is 15.0 Å². The minimum absolute atomic E-state index is 0.0809. The zero-order chi connectivity index (χ0) is 19.5. The van der Waals surface area contributed by atoms with Gasteiger partial charge in [-0.25, -0.2) is 4.39 Å². The molecule has 7 nitrogen and oxygen atoms in total. The van der Waals surface area contributed by atoms with Gasteiger partial charge in [0.2, 0.25) is 18.2 Å². The summed E-state index contributed by atoms with van der Waals surface area (Å²) in [6, 6.07) is 12.6. The molecule has 2 aromatic carbocycles. The molecule has 4 rings (SSSR count). The van der Waals surface area contributed by atoms with Gasteiger partial charge >= 0.3 is 0 Å². The van der Waals surface area contributed by atoms with E-state index in [1.54, 1.807) is 0 Å². The van der Waals surface area contributed by atoms with Crippen molar-refractivity contribution in [2.24, 2.45) is 0 Å². The molecule has 0 bridgehead atoms. The lowest BCUT2D eigenvalue weighted by Crippen LogP contribution is -2.19. The number of nitrogens with zero attached hydrogens (tertiary/aromatic N) is 3. The molecule has 1 atom stereocenters. The smallest absolute Gasteiger partial charge is 0.227 e. The van der Waals surface area contributed by atoms with Crippen LogP contribution in [0, 0.1) is 5.82 Å². The van der Waals surface area contributed by atoms with Crippen molar-refractivity contribution < 1.29 is 13.9 Å². The first-order chi connectivity index (χ1) is 13.6. The number of ether oxygens (including phenoxy) is 2. The molecule has 0 amide bonds. The van der Waals surface area contributed by atoms with Crippen molar-refractivity contribution in [2.75, 3.05) is 11.5 Å². The Balaban J connectivity index is 1.51. The van der Waals surface area contributed by atoms with Crippen LogP contribution in [-0.2, 0) is 22.8 Å². The van der Waals surface area contributed by atoms with E-state index in [0.29, 0.717) is 28.6 Å². The molecule has 3 aromatic rings. The second-order valence-corrected chi connectivity index (χ2v) is 7.17. The molecule has 1 aliphatic heterocycles. The highest BCUT2D eigenvalue weighted by molar-refractivity contribution is 7.97. The van der Waals surface area contributed by atoms with Crippen LogP contribution in [0.15, 0.2) is 42.5 Å². The fraction of sp³-hybridized carbons (Fsp3) is 0.211. The van der Waals surface area contributed by atoms with Crippen LogP contribution in [0.5, 0.6) is 5.75 Å². The van der Waals surface area contributed by atoms with Crippen molar-refractivity contribution in [3.05, 3.63) is 70.8 Å². The molecule has 0 fully saturated rings.